The van der Waals surface area contributed by atoms with E-state index in [1.54, 1.807) is 30.3 Å². The first-order chi connectivity index (χ1) is 11.1. The Kier molecular flexibility index (Phi) is 5.67. The summed E-state index contributed by atoms with van der Waals surface area (Å²) < 4.78 is 0. The third-order valence-electron chi connectivity index (χ3n) is 2.78. The normalized spacial score (nSPS) is 10.3. The van der Waals surface area contributed by atoms with Crippen molar-refractivity contribution in [3.63, 3.8) is 0 Å². The molecule has 5 nitrogen and oxygen atoms in total. The highest BCUT2D eigenvalue weighted by molar-refractivity contribution is 7.09. The van der Waals surface area contributed by atoms with Crippen LogP contribution in [0.1, 0.15) is 16.3 Å². The highest BCUT2D eigenvalue weighted by Gasteiger charge is 2.04. The fourth-order valence-corrected chi connectivity index (χ4v) is 2.32. The number of aromatic nitrogens is 1. The van der Waals surface area contributed by atoms with Crippen LogP contribution in [0.5, 0.6) is 0 Å². The number of amides is 2. The highest BCUT2D eigenvalue weighted by Crippen LogP contribution is 2.10. The number of anilines is 1. The van der Waals surface area contributed by atoms with Gasteiger partial charge in [-0.1, -0.05) is 12.0 Å². The van der Waals surface area contributed by atoms with Crippen molar-refractivity contribution in [2.24, 2.45) is 0 Å². The van der Waals surface area contributed by atoms with Crippen LogP contribution in [0.4, 0.5) is 5.69 Å². The maximum atomic E-state index is 11.8. The lowest BCUT2D eigenvalue weighted by atomic mass is 10.2. The van der Waals surface area contributed by atoms with Crippen LogP contribution < -0.4 is 10.6 Å². The molecule has 23 heavy (non-hydrogen) atoms. The van der Waals surface area contributed by atoms with Crippen molar-refractivity contribution in [3.05, 3.63) is 52.0 Å². The highest BCUT2D eigenvalue weighted by atomic mass is 32.1. The summed E-state index contributed by atoms with van der Waals surface area (Å²) in [4.78, 5) is 27.6. The molecule has 0 aliphatic heterocycles. The Hall–Kier alpha value is -2.91. The van der Waals surface area contributed by atoms with Gasteiger partial charge < -0.3 is 10.6 Å². The van der Waals surface area contributed by atoms with Crippen molar-refractivity contribution in [2.45, 2.75) is 6.92 Å². The first kappa shape index (κ1) is 16.5. The van der Waals surface area contributed by atoms with E-state index in [0.717, 1.165) is 10.7 Å². The molecule has 2 aromatic rings. The number of carbonyl (C=O) groups is 2. The zero-order valence-electron chi connectivity index (χ0n) is 12.5. The van der Waals surface area contributed by atoms with Crippen molar-refractivity contribution >= 4 is 34.9 Å². The molecule has 2 N–H and O–H groups in total. The maximum absolute atomic E-state index is 11.8. The molecule has 0 aliphatic carbocycles. The molecule has 0 aliphatic rings. The Morgan fingerprint density at radius 2 is 2.26 bits per heavy atom. The standard InChI is InChI=1S/C17H15N3O2S/c1-3-13-5-4-6-14(9-13)20-17(22)10-18-16(21)8-7-15-11-23-12(2)19-15/h1,4-9,11H,10H2,2H3,(H,18,21)(H,20,22). The van der Waals surface area contributed by atoms with Gasteiger partial charge in [-0.15, -0.1) is 17.8 Å². The third kappa shape index (κ3) is 5.41. The molecule has 1 heterocycles. The SMILES string of the molecule is C#Cc1cccc(NC(=O)CNC(=O)C=Cc2csc(C)n2)c1. The second kappa shape index (κ2) is 7.92. The summed E-state index contributed by atoms with van der Waals surface area (Å²) in [6.07, 6.45) is 8.25. The van der Waals surface area contributed by atoms with Crippen LogP contribution in [0.3, 0.4) is 0 Å². The average molecular weight is 325 g/mol. The van der Waals surface area contributed by atoms with E-state index in [4.69, 9.17) is 6.42 Å². The number of benzene rings is 1. The third-order valence-corrected chi connectivity index (χ3v) is 3.57. The van der Waals surface area contributed by atoms with Crippen LogP contribution in [-0.2, 0) is 9.59 Å². The summed E-state index contributed by atoms with van der Waals surface area (Å²) in [7, 11) is 0. The van der Waals surface area contributed by atoms with Gasteiger partial charge in [-0.2, -0.15) is 0 Å². The molecule has 0 saturated carbocycles. The van der Waals surface area contributed by atoms with Crippen LogP contribution in [0.15, 0.2) is 35.7 Å². The summed E-state index contributed by atoms with van der Waals surface area (Å²) >= 11 is 1.51. The summed E-state index contributed by atoms with van der Waals surface area (Å²) in [5.41, 5.74) is 1.99. The molecule has 0 radical (unpaired) electrons. The van der Waals surface area contributed by atoms with Gasteiger partial charge in [-0.25, -0.2) is 4.98 Å². The number of nitrogens with zero attached hydrogens (tertiary/aromatic N) is 1. The summed E-state index contributed by atoms with van der Waals surface area (Å²) in [5, 5.41) is 7.95. The molecule has 6 heteroatoms. The Morgan fingerprint density at radius 1 is 1.43 bits per heavy atom. The van der Waals surface area contributed by atoms with Crippen LogP contribution in [0.25, 0.3) is 6.08 Å². The van der Waals surface area contributed by atoms with E-state index in [1.165, 1.54) is 17.4 Å². The van der Waals surface area contributed by atoms with Crippen LogP contribution in [0, 0.1) is 19.3 Å². The molecule has 2 amide bonds. The van der Waals surface area contributed by atoms with Gasteiger partial charge in [-0.05, 0) is 31.2 Å². The van der Waals surface area contributed by atoms with Crippen LogP contribution in [-0.4, -0.2) is 23.3 Å². The van der Waals surface area contributed by atoms with Gasteiger partial charge in [0.05, 0.1) is 17.2 Å². The molecule has 0 bridgehead atoms. The minimum absolute atomic E-state index is 0.125. The van der Waals surface area contributed by atoms with E-state index in [0.29, 0.717) is 11.3 Å². The summed E-state index contributed by atoms with van der Waals surface area (Å²) in [5.74, 6) is 1.80. The number of rotatable bonds is 5. The lowest BCUT2D eigenvalue weighted by molar-refractivity contribution is -0.121. The van der Waals surface area contributed by atoms with Gasteiger partial charge >= 0.3 is 0 Å². The van der Waals surface area contributed by atoms with Crippen LogP contribution in [0.2, 0.25) is 0 Å². The average Bonchev–Trinajstić information content (AvgIpc) is 2.96. The van der Waals surface area contributed by atoms with Crippen molar-refractivity contribution in [3.8, 4) is 12.3 Å². The van der Waals surface area contributed by atoms with E-state index in [-0.39, 0.29) is 18.4 Å². The number of carbonyl (C=O) groups excluding carboxylic acids is 2. The lowest BCUT2D eigenvalue weighted by Gasteiger charge is -2.06. The van der Waals surface area contributed by atoms with Gasteiger partial charge in [0.2, 0.25) is 11.8 Å². The summed E-state index contributed by atoms with van der Waals surface area (Å²) in [6.45, 7) is 1.77. The van der Waals surface area contributed by atoms with Crippen molar-refractivity contribution in [1.29, 1.82) is 0 Å². The molecular weight excluding hydrogens is 310 g/mol. The number of nitrogens with one attached hydrogen (secondary N) is 2. The van der Waals surface area contributed by atoms with E-state index >= 15 is 0 Å². The molecule has 1 aromatic carbocycles. The van der Waals surface area contributed by atoms with E-state index < -0.39 is 0 Å². The van der Waals surface area contributed by atoms with Crippen molar-refractivity contribution in [2.75, 3.05) is 11.9 Å². The number of thiazole rings is 1. The monoisotopic (exact) mass is 325 g/mol. The molecule has 2 rings (SSSR count). The van der Waals surface area contributed by atoms with Gasteiger partial charge in [0.15, 0.2) is 0 Å². The van der Waals surface area contributed by atoms with Gasteiger partial charge in [0.1, 0.15) is 0 Å². The van der Waals surface area contributed by atoms with Crippen LogP contribution >= 0.6 is 11.3 Å². The zero-order chi connectivity index (χ0) is 16.7. The van der Waals surface area contributed by atoms with Crippen molar-refractivity contribution < 1.29 is 9.59 Å². The topological polar surface area (TPSA) is 71.1 Å². The largest absolute Gasteiger partial charge is 0.343 e. The molecule has 116 valence electrons. The first-order valence-corrected chi connectivity index (χ1v) is 7.69. The van der Waals surface area contributed by atoms with E-state index in [9.17, 15) is 9.59 Å². The lowest BCUT2D eigenvalue weighted by Crippen LogP contribution is -2.31. The van der Waals surface area contributed by atoms with Gasteiger partial charge in [0.25, 0.3) is 0 Å². The van der Waals surface area contributed by atoms with Crippen molar-refractivity contribution in [1.82, 2.24) is 10.3 Å². The minimum Gasteiger partial charge on any atom is -0.343 e. The summed E-state index contributed by atoms with van der Waals surface area (Å²) in [6, 6.07) is 6.93. The second-order valence-corrected chi connectivity index (χ2v) is 5.68. The molecule has 0 saturated heterocycles. The number of hydrogen-bond acceptors (Lipinski definition) is 4. The Balaban J connectivity index is 1.80. The Morgan fingerprint density at radius 3 is 2.96 bits per heavy atom. The van der Waals surface area contributed by atoms with E-state index in [1.807, 2.05) is 12.3 Å². The quantitative estimate of drug-likeness (QED) is 0.654. The Bertz CT molecular complexity index is 787. The number of hydrogen-bond donors (Lipinski definition) is 2. The fourth-order valence-electron chi connectivity index (χ4n) is 1.74. The molecule has 0 atom stereocenters. The number of terminal acetylenes is 1. The van der Waals surface area contributed by atoms with Gasteiger partial charge in [-0.3, -0.25) is 9.59 Å². The predicted octanol–water partition coefficient (Wildman–Crippen LogP) is 2.20. The predicted molar refractivity (Wildman–Crippen MR) is 91.9 cm³/mol. The maximum Gasteiger partial charge on any atom is 0.244 e. The Labute approximate surface area is 138 Å². The zero-order valence-corrected chi connectivity index (χ0v) is 13.3. The first-order valence-electron chi connectivity index (χ1n) is 6.81. The minimum atomic E-state index is -0.358. The molecule has 0 fully saturated rings. The molecule has 0 spiro atoms. The van der Waals surface area contributed by atoms with E-state index in [2.05, 4.69) is 21.5 Å². The van der Waals surface area contributed by atoms with Gasteiger partial charge in [0, 0.05) is 22.7 Å². The molecular formula is C17H15N3O2S. The number of aryl methyl sites for hydroxylation is 1. The second-order valence-electron chi connectivity index (χ2n) is 4.62. The smallest absolute Gasteiger partial charge is 0.244 e. The fraction of sp³-hybridized carbons (Fsp3) is 0.118. The molecule has 0 unspecified atom stereocenters. The molecule has 1 aromatic heterocycles.